The van der Waals surface area contributed by atoms with E-state index in [1.54, 1.807) is 0 Å². The lowest BCUT2D eigenvalue weighted by Crippen LogP contribution is -2.26. The summed E-state index contributed by atoms with van der Waals surface area (Å²) in [5.41, 5.74) is 3.66. The molecule has 0 spiro atoms. The van der Waals surface area contributed by atoms with Gasteiger partial charge in [0.05, 0.1) is 11.7 Å². The highest BCUT2D eigenvalue weighted by Crippen LogP contribution is 2.39. The number of nitrogens with zero attached hydrogens (tertiary/aromatic N) is 3. The van der Waals surface area contributed by atoms with Crippen LogP contribution in [0.4, 0.5) is 0 Å². The highest BCUT2D eigenvalue weighted by molar-refractivity contribution is 7.03. The number of hydrogen-bond acceptors (Lipinski definition) is 5. The Morgan fingerprint density at radius 2 is 2.50 bits per heavy atom. The molecule has 1 aliphatic rings. The summed E-state index contributed by atoms with van der Waals surface area (Å²) in [5, 5.41) is 9.80. The number of aryl methyl sites for hydroxylation is 1. The van der Waals surface area contributed by atoms with Gasteiger partial charge in [0, 0.05) is 23.2 Å². The van der Waals surface area contributed by atoms with E-state index in [1.165, 1.54) is 22.8 Å². The molecule has 2 atom stereocenters. The molecule has 0 aliphatic heterocycles. The normalized spacial score (nSPS) is 19.7. The van der Waals surface area contributed by atoms with Crippen LogP contribution in [0.2, 0.25) is 0 Å². The SMILES string of the molecule is CCNC(c1csnn1)C1CCc2cccnc21. The molecule has 0 saturated heterocycles. The molecular formula is C13H16N4S. The first-order chi connectivity index (χ1) is 8.90. The molecule has 94 valence electrons. The minimum absolute atomic E-state index is 0.241. The molecule has 0 amide bonds. The van der Waals surface area contributed by atoms with Gasteiger partial charge in [-0.05, 0) is 42.5 Å². The summed E-state index contributed by atoms with van der Waals surface area (Å²) in [5.74, 6) is 0.421. The summed E-state index contributed by atoms with van der Waals surface area (Å²) in [6.07, 6.45) is 4.15. The lowest BCUT2D eigenvalue weighted by Gasteiger charge is -2.22. The number of fused-ring (bicyclic) bond motifs is 1. The van der Waals surface area contributed by atoms with Crippen molar-refractivity contribution in [2.24, 2.45) is 0 Å². The fourth-order valence-electron chi connectivity index (χ4n) is 2.75. The van der Waals surface area contributed by atoms with Crippen molar-refractivity contribution in [2.45, 2.75) is 31.7 Å². The number of rotatable bonds is 4. The molecule has 0 saturated carbocycles. The van der Waals surface area contributed by atoms with Crippen molar-refractivity contribution in [3.63, 3.8) is 0 Å². The number of likely N-dealkylation sites (N-methyl/N-ethyl adjacent to an activating group) is 1. The lowest BCUT2D eigenvalue weighted by molar-refractivity contribution is 0.438. The molecule has 0 aromatic carbocycles. The van der Waals surface area contributed by atoms with Crippen LogP contribution in [0, 0.1) is 0 Å². The Balaban J connectivity index is 1.93. The second-order valence-corrected chi connectivity index (χ2v) is 5.17. The van der Waals surface area contributed by atoms with Crippen LogP contribution in [0.25, 0.3) is 0 Å². The first-order valence-corrected chi connectivity index (χ1v) is 7.18. The number of pyridine rings is 1. The average Bonchev–Trinajstić information content (AvgIpc) is 3.06. The standard InChI is InChI=1S/C13H16N4S/c1-2-14-13(11-8-18-17-16-11)10-6-5-9-4-3-7-15-12(9)10/h3-4,7-8,10,13-14H,2,5-6H2,1H3. The van der Waals surface area contributed by atoms with Gasteiger partial charge in [0.2, 0.25) is 0 Å². The fourth-order valence-corrected chi connectivity index (χ4v) is 3.24. The van der Waals surface area contributed by atoms with E-state index in [4.69, 9.17) is 0 Å². The highest BCUT2D eigenvalue weighted by Gasteiger charge is 2.32. The second-order valence-electron chi connectivity index (χ2n) is 4.56. The summed E-state index contributed by atoms with van der Waals surface area (Å²) in [6, 6.07) is 4.45. The van der Waals surface area contributed by atoms with E-state index in [2.05, 4.69) is 32.9 Å². The number of aromatic nitrogens is 3. The summed E-state index contributed by atoms with van der Waals surface area (Å²) in [4.78, 5) is 4.57. The molecule has 0 bridgehead atoms. The van der Waals surface area contributed by atoms with E-state index >= 15 is 0 Å². The average molecular weight is 260 g/mol. The monoisotopic (exact) mass is 260 g/mol. The molecule has 0 fully saturated rings. The van der Waals surface area contributed by atoms with Crippen LogP contribution in [-0.4, -0.2) is 21.1 Å². The fraction of sp³-hybridized carbons (Fsp3) is 0.462. The van der Waals surface area contributed by atoms with Gasteiger partial charge >= 0.3 is 0 Å². The Bertz CT molecular complexity index is 509. The zero-order valence-corrected chi connectivity index (χ0v) is 11.2. The van der Waals surface area contributed by atoms with Gasteiger partial charge in [0.1, 0.15) is 0 Å². The quantitative estimate of drug-likeness (QED) is 0.916. The van der Waals surface area contributed by atoms with Crippen molar-refractivity contribution in [1.29, 1.82) is 0 Å². The Morgan fingerprint density at radius 1 is 1.56 bits per heavy atom. The van der Waals surface area contributed by atoms with Crippen LogP contribution >= 0.6 is 11.5 Å². The first-order valence-electron chi connectivity index (χ1n) is 6.34. The molecule has 2 heterocycles. The molecule has 2 aromatic rings. The Labute approximate surface area is 111 Å². The van der Waals surface area contributed by atoms with Crippen LogP contribution in [-0.2, 0) is 6.42 Å². The van der Waals surface area contributed by atoms with Crippen LogP contribution in [0.5, 0.6) is 0 Å². The molecule has 1 aliphatic carbocycles. The molecule has 2 unspecified atom stereocenters. The van der Waals surface area contributed by atoms with Crippen molar-refractivity contribution < 1.29 is 0 Å². The topological polar surface area (TPSA) is 50.7 Å². The molecule has 2 aromatic heterocycles. The zero-order valence-electron chi connectivity index (χ0n) is 10.3. The van der Waals surface area contributed by atoms with Gasteiger partial charge in [-0.25, -0.2) is 0 Å². The van der Waals surface area contributed by atoms with E-state index in [-0.39, 0.29) is 6.04 Å². The van der Waals surface area contributed by atoms with Gasteiger partial charge in [-0.3, -0.25) is 4.98 Å². The van der Waals surface area contributed by atoms with Crippen molar-refractivity contribution in [3.05, 3.63) is 40.7 Å². The van der Waals surface area contributed by atoms with Crippen LogP contribution in [0.15, 0.2) is 23.7 Å². The summed E-state index contributed by atoms with van der Waals surface area (Å²) >= 11 is 1.41. The Kier molecular flexibility index (Phi) is 3.34. The summed E-state index contributed by atoms with van der Waals surface area (Å²) in [7, 11) is 0. The first kappa shape index (κ1) is 11.7. The molecule has 1 N–H and O–H groups in total. The minimum Gasteiger partial charge on any atom is -0.308 e. The maximum atomic E-state index is 4.57. The molecule has 5 heteroatoms. The predicted octanol–water partition coefficient (Wildman–Crippen LogP) is 2.31. The minimum atomic E-state index is 0.241. The molecule has 0 radical (unpaired) electrons. The van der Waals surface area contributed by atoms with Crippen LogP contribution < -0.4 is 5.32 Å². The maximum absolute atomic E-state index is 4.57. The van der Waals surface area contributed by atoms with Crippen LogP contribution in [0.1, 0.15) is 42.3 Å². The van der Waals surface area contributed by atoms with Crippen molar-refractivity contribution in [3.8, 4) is 0 Å². The van der Waals surface area contributed by atoms with E-state index in [0.29, 0.717) is 5.92 Å². The van der Waals surface area contributed by atoms with Gasteiger partial charge in [-0.1, -0.05) is 17.5 Å². The van der Waals surface area contributed by atoms with Gasteiger partial charge in [0.25, 0.3) is 0 Å². The van der Waals surface area contributed by atoms with E-state index < -0.39 is 0 Å². The molecular weight excluding hydrogens is 244 g/mol. The summed E-state index contributed by atoms with van der Waals surface area (Å²) in [6.45, 7) is 3.06. The van der Waals surface area contributed by atoms with Gasteiger partial charge in [0.15, 0.2) is 0 Å². The third kappa shape index (κ3) is 2.04. The molecule has 3 rings (SSSR count). The molecule has 18 heavy (non-hydrogen) atoms. The van der Waals surface area contributed by atoms with Crippen molar-refractivity contribution >= 4 is 11.5 Å². The maximum Gasteiger partial charge on any atom is 0.0931 e. The third-order valence-corrected chi connectivity index (χ3v) is 4.05. The highest BCUT2D eigenvalue weighted by atomic mass is 32.1. The smallest absolute Gasteiger partial charge is 0.0931 e. The van der Waals surface area contributed by atoms with Gasteiger partial charge in [-0.2, -0.15) is 0 Å². The second kappa shape index (κ2) is 5.12. The predicted molar refractivity (Wildman–Crippen MR) is 71.6 cm³/mol. The Hall–Kier alpha value is -1.33. The Morgan fingerprint density at radius 3 is 3.28 bits per heavy atom. The van der Waals surface area contributed by atoms with E-state index in [9.17, 15) is 0 Å². The number of nitrogens with one attached hydrogen (secondary N) is 1. The van der Waals surface area contributed by atoms with Crippen LogP contribution in [0.3, 0.4) is 0 Å². The van der Waals surface area contributed by atoms with Crippen molar-refractivity contribution in [1.82, 2.24) is 19.9 Å². The summed E-state index contributed by atoms with van der Waals surface area (Å²) < 4.78 is 3.98. The zero-order chi connectivity index (χ0) is 12.4. The van der Waals surface area contributed by atoms with Gasteiger partial charge < -0.3 is 5.32 Å². The number of hydrogen-bond donors (Lipinski definition) is 1. The lowest BCUT2D eigenvalue weighted by atomic mass is 9.94. The largest absolute Gasteiger partial charge is 0.308 e. The molecule has 4 nitrogen and oxygen atoms in total. The van der Waals surface area contributed by atoms with E-state index in [1.807, 2.05) is 17.6 Å². The third-order valence-electron chi connectivity index (χ3n) is 3.52. The van der Waals surface area contributed by atoms with Gasteiger partial charge in [-0.15, -0.1) is 5.10 Å². The van der Waals surface area contributed by atoms with E-state index in [0.717, 1.165) is 25.1 Å². The van der Waals surface area contributed by atoms with Crippen molar-refractivity contribution in [2.75, 3.05) is 6.54 Å².